The van der Waals surface area contributed by atoms with E-state index < -0.39 is 0 Å². The van der Waals surface area contributed by atoms with Gasteiger partial charge in [-0.15, -0.1) is 11.8 Å². The molecular formula is C22H21NS. The van der Waals surface area contributed by atoms with Crippen molar-refractivity contribution in [3.05, 3.63) is 82.9 Å². The van der Waals surface area contributed by atoms with Gasteiger partial charge in [0.25, 0.3) is 0 Å². The van der Waals surface area contributed by atoms with E-state index in [1.54, 1.807) is 22.9 Å². The standard InChI is InChI=1S/C18H16.C4H5NS/c1-3-7-15-13(5-1)9-11-18-16-8-4-2-6-14(16)10-12-17(15)18;1-3-6-4-2-5-1/h1,3,5,7,9-12H,2,4,6,8H2;1-5H. The predicted molar refractivity (Wildman–Crippen MR) is 107 cm³/mol. The average Bonchev–Trinajstić information content (AvgIpc) is 2.69. The number of benzene rings is 3. The van der Waals surface area contributed by atoms with Gasteiger partial charge in [-0.05, 0) is 69.2 Å². The minimum absolute atomic E-state index is 1.25. The summed E-state index contributed by atoms with van der Waals surface area (Å²) in [7, 11) is 0. The Bertz CT molecular complexity index is 904. The Morgan fingerprint density at radius 3 is 2.29 bits per heavy atom. The highest BCUT2D eigenvalue weighted by Gasteiger charge is 2.13. The Morgan fingerprint density at radius 2 is 1.50 bits per heavy atom. The molecule has 1 N–H and O–H groups in total. The maximum Gasteiger partial charge on any atom is 0.00715 e. The molecule has 1 aliphatic heterocycles. The Kier molecular flexibility index (Phi) is 4.57. The lowest BCUT2D eigenvalue weighted by Gasteiger charge is -2.18. The summed E-state index contributed by atoms with van der Waals surface area (Å²) in [6.07, 6.45) is 9.00. The van der Waals surface area contributed by atoms with Gasteiger partial charge in [0.05, 0.1) is 0 Å². The first kappa shape index (κ1) is 15.3. The van der Waals surface area contributed by atoms with Crippen LogP contribution in [0, 0.1) is 0 Å². The van der Waals surface area contributed by atoms with Gasteiger partial charge in [-0.2, -0.15) is 0 Å². The second kappa shape index (κ2) is 7.14. The fourth-order valence-electron chi connectivity index (χ4n) is 3.60. The molecule has 0 amide bonds. The molecule has 1 heterocycles. The Morgan fingerprint density at radius 1 is 0.708 bits per heavy atom. The van der Waals surface area contributed by atoms with Gasteiger partial charge >= 0.3 is 0 Å². The zero-order valence-electron chi connectivity index (χ0n) is 13.7. The molecule has 0 unspecified atom stereocenters. The summed E-state index contributed by atoms with van der Waals surface area (Å²) in [5, 5.41) is 12.5. The van der Waals surface area contributed by atoms with Crippen molar-refractivity contribution in [1.29, 1.82) is 0 Å². The van der Waals surface area contributed by atoms with E-state index in [0.29, 0.717) is 0 Å². The molecule has 2 heteroatoms. The highest BCUT2D eigenvalue weighted by atomic mass is 32.2. The second-order valence-corrected chi connectivity index (χ2v) is 7.02. The number of hydrogen-bond donors (Lipinski definition) is 1. The molecule has 1 aliphatic carbocycles. The van der Waals surface area contributed by atoms with E-state index in [1.807, 2.05) is 23.2 Å². The van der Waals surface area contributed by atoms with Crippen molar-refractivity contribution in [1.82, 2.24) is 5.32 Å². The number of hydrogen-bond acceptors (Lipinski definition) is 2. The van der Waals surface area contributed by atoms with Crippen LogP contribution in [-0.4, -0.2) is 0 Å². The van der Waals surface area contributed by atoms with E-state index in [2.05, 4.69) is 53.8 Å². The zero-order valence-corrected chi connectivity index (χ0v) is 14.5. The van der Waals surface area contributed by atoms with Gasteiger partial charge in [-0.3, -0.25) is 0 Å². The Balaban J connectivity index is 0.000000207. The van der Waals surface area contributed by atoms with Crippen molar-refractivity contribution >= 4 is 33.3 Å². The second-order valence-electron chi connectivity index (χ2n) is 6.20. The third-order valence-electron chi connectivity index (χ3n) is 4.74. The first-order chi connectivity index (χ1) is 11.9. The average molecular weight is 331 g/mol. The van der Waals surface area contributed by atoms with Gasteiger partial charge in [-0.25, -0.2) is 0 Å². The Hall–Kier alpha value is -2.19. The summed E-state index contributed by atoms with van der Waals surface area (Å²) in [5.74, 6) is 0. The third-order valence-corrected chi connectivity index (χ3v) is 5.33. The minimum atomic E-state index is 1.25. The van der Waals surface area contributed by atoms with Crippen molar-refractivity contribution in [2.45, 2.75) is 25.7 Å². The van der Waals surface area contributed by atoms with Crippen molar-refractivity contribution in [3.8, 4) is 0 Å². The van der Waals surface area contributed by atoms with Crippen molar-refractivity contribution < 1.29 is 0 Å². The largest absolute Gasteiger partial charge is 0.367 e. The van der Waals surface area contributed by atoms with E-state index >= 15 is 0 Å². The molecule has 0 saturated carbocycles. The van der Waals surface area contributed by atoms with Gasteiger partial charge in [0.2, 0.25) is 0 Å². The van der Waals surface area contributed by atoms with E-state index in [1.165, 1.54) is 47.2 Å². The summed E-state index contributed by atoms with van der Waals surface area (Å²) in [6.45, 7) is 0. The molecule has 3 aromatic carbocycles. The molecule has 0 atom stereocenters. The van der Waals surface area contributed by atoms with Crippen LogP contribution < -0.4 is 5.32 Å². The quantitative estimate of drug-likeness (QED) is 0.497. The smallest absolute Gasteiger partial charge is 0.00715 e. The topological polar surface area (TPSA) is 12.0 Å². The maximum absolute atomic E-state index is 2.90. The number of nitrogens with one attached hydrogen (secondary N) is 1. The predicted octanol–water partition coefficient (Wildman–Crippen LogP) is 6.14. The molecule has 120 valence electrons. The molecule has 0 saturated heterocycles. The van der Waals surface area contributed by atoms with Crippen LogP contribution in [0.1, 0.15) is 24.0 Å². The summed E-state index contributed by atoms with van der Waals surface area (Å²) in [6, 6.07) is 18.0. The number of aryl methyl sites for hydroxylation is 2. The van der Waals surface area contributed by atoms with Gasteiger partial charge in [-0.1, -0.05) is 48.5 Å². The molecule has 0 spiro atoms. The normalized spacial score (nSPS) is 15.5. The monoisotopic (exact) mass is 331 g/mol. The molecule has 24 heavy (non-hydrogen) atoms. The van der Waals surface area contributed by atoms with Gasteiger partial charge in [0.1, 0.15) is 0 Å². The van der Waals surface area contributed by atoms with Crippen LogP contribution in [-0.2, 0) is 12.8 Å². The number of thioether (sulfide) groups is 1. The lowest BCUT2D eigenvalue weighted by atomic mass is 9.86. The van der Waals surface area contributed by atoms with Gasteiger partial charge < -0.3 is 5.32 Å². The zero-order chi connectivity index (χ0) is 16.2. The maximum atomic E-state index is 2.90. The van der Waals surface area contributed by atoms with E-state index in [9.17, 15) is 0 Å². The molecule has 0 radical (unpaired) electrons. The van der Waals surface area contributed by atoms with Crippen LogP contribution in [0.15, 0.2) is 71.7 Å². The van der Waals surface area contributed by atoms with E-state index in [4.69, 9.17) is 0 Å². The van der Waals surface area contributed by atoms with E-state index in [-0.39, 0.29) is 0 Å². The fourth-order valence-corrected chi connectivity index (χ4v) is 4.01. The van der Waals surface area contributed by atoms with E-state index in [0.717, 1.165) is 0 Å². The van der Waals surface area contributed by atoms with Crippen LogP contribution in [0.5, 0.6) is 0 Å². The summed E-state index contributed by atoms with van der Waals surface area (Å²) in [4.78, 5) is 0. The summed E-state index contributed by atoms with van der Waals surface area (Å²) >= 11 is 1.67. The van der Waals surface area contributed by atoms with Crippen molar-refractivity contribution in [3.63, 3.8) is 0 Å². The number of rotatable bonds is 0. The lowest BCUT2D eigenvalue weighted by Crippen LogP contribution is -2.02. The lowest BCUT2D eigenvalue weighted by molar-refractivity contribution is 0.690. The molecule has 5 rings (SSSR count). The SMILES string of the molecule is C1=CSC=CN1.c1ccc2c(c1)ccc1c3c(ccc12)CCCC3. The molecule has 3 aromatic rings. The van der Waals surface area contributed by atoms with Crippen LogP contribution in [0.25, 0.3) is 21.5 Å². The molecule has 0 fully saturated rings. The van der Waals surface area contributed by atoms with Crippen LogP contribution in [0.2, 0.25) is 0 Å². The summed E-state index contributed by atoms with van der Waals surface area (Å²) in [5.41, 5.74) is 3.17. The molecule has 2 aliphatic rings. The highest BCUT2D eigenvalue weighted by Crippen LogP contribution is 2.33. The molecular weight excluding hydrogens is 310 g/mol. The molecule has 0 bridgehead atoms. The van der Waals surface area contributed by atoms with Crippen molar-refractivity contribution in [2.24, 2.45) is 0 Å². The van der Waals surface area contributed by atoms with Gasteiger partial charge in [0, 0.05) is 12.4 Å². The fraction of sp³-hybridized carbons (Fsp3) is 0.182. The Labute approximate surface area is 147 Å². The third kappa shape index (κ3) is 3.07. The van der Waals surface area contributed by atoms with Gasteiger partial charge in [0.15, 0.2) is 0 Å². The van der Waals surface area contributed by atoms with Crippen LogP contribution in [0.4, 0.5) is 0 Å². The minimum Gasteiger partial charge on any atom is -0.367 e. The van der Waals surface area contributed by atoms with Crippen LogP contribution >= 0.6 is 11.8 Å². The highest BCUT2D eigenvalue weighted by molar-refractivity contribution is 8.04. The van der Waals surface area contributed by atoms with Crippen molar-refractivity contribution in [2.75, 3.05) is 0 Å². The first-order valence-electron chi connectivity index (χ1n) is 8.57. The number of fused-ring (bicyclic) bond motifs is 5. The molecule has 0 aromatic heterocycles. The van der Waals surface area contributed by atoms with Crippen LogP contribution in [0.3, 0.4) is 0 Å². The first-order valence-corrected chi connectivity index (χ1v) is 9.51. The molecule has 1 nitrogen and oxygen atoms in total. The summed E-state index contributed by atoms with van der Waals surface area (Å²) < 4.78 is 0.